The quantitative estimate of drug-likeness (QED) is 0.911. The summed E-state index contributed by atoms with van der Waals surface area (Å²) in [5, 5.41) is 5.37. The summed E-state index contributed by atoms with van der Waals surface area (Å²) in [4.78, 5) is 27.9. The minimum atomic E-state index is -0.588. The van der Waals surface area contributed by atoms with E-state index < -0.39 is 11.7 Å². The van der Waals surface area contributed by atoms with Crippen molar-refractivity contribution < 1.29 is 14.0 Å². The number of hydrogen-bond donors (Lipinski definition) is 2. The number of aromatic nitrogens is 1. The van der Waals surface area contributed by atoms with Crippen LogP contribution in [0.25, 0.3) is 0 Å². The fourth-order valence-corrected chi connectivity index (χ4v) is 2.16. The first-order valence-corrected chi connectivity index (χ1v) is 7.38. The van der Waals surface area contributed by atoms with E-state index in [1.165, 1.54) is 24.4 Å². The number of aryl methyl sites for hydroxylation is 1. The van der Waals surface area contributed by atoms with Crippen molar-refractivity contribution in [3.63, 3.8) is 0 Å². The van der Waals surface area contributed by atoms with Crippen LogP contribution in [0.15, 0.2) is 36.5 Å². The van der Waals surface area contributed by atoms with Crippen LogP contribution in [-0.2, 0) is 4.79 Å². The molecule has 1 aliphatic carbocycles. The summed E-state index contributed by atoms with van der Waals surface area (Å²) < 4.78 is 13.6. The van der Waals surface area contributed by atoms with Crippen LogP contribution in [0.5, 0.6) is 0 Å². The van der Waals surface area contributed by atoms with Crippen molar-refractivity contribution in [3.05, 3.63) is 53.5 Å². The van der Waals surface area contributed by atoms with Crippen LogP contribution in [0.3, 0.4) is 0 Å². The third kappa shape index (κ3) is 3.53. The lowest BCUT2D eigenvalue weighted by Gasteiger charge is -2.10. The Hall–Kier alpha value is -2.76. The Morgan fingerprint density at radius 2 is 1.96 bits per heavy atom. The molecule has 5 nitrogen and oxygen atoms in total. The Balaban J connectivity index is 1.71. The first-order chi connectivity index (χ1) is 11.0. The molecule has 0 saturated heterocycles. The predicted octanol–water partition coefficient (Wildman–Crippen LogP) is 3.13. The van der Waals surface area contributed by atoms with Crippen LogP contribution in [0.4, 0.5) is 15.9 Å². The highest BCUT2D eigenvalue weighted by Crippen LogP contribution is 2.30. The summed E-state index contributed by atoms with van der Waals surface area (Å²) in [6, 6.07) is 7.38. The molecular formula is C17H16FN3O2. The Labute approximate surface area is 132 Å². The number of nitrogens with zero attached hydrogens (tertiary/aromatic N) is 1. The number of halogens is 1. The van der Waals surface area contributed by atoms with E-state index in [1.54, 1.807) is 12.1 Å². The molecule has 2 N–H and O–H groups in total. The number of nitrogens with one attached hydrogen (secondary N) is 2. The number of amides is 2. The third-order valence-electron chi connectivity index (χ3n) is 3.68. The molecule has 1 aromatic heterocycles. The van der Waals surface area contributed by atoms with Gasteiger partial charge in [0.25, 0.3) is 5.91 Å². The van der Waals surface area contributed by atoms with Crippen LogP contribution < -0.4 is 10.6 Å². The van der Waals surface area contributed by atoms with Gasteiger partial charge in [-0.25, -0.2) is 9.37 Å². The van der Waals surface area contributed by atoms with Crippen LogP contribution >= 0.6 is 0 Å². The Kier molecular flexibility index (Phi) is 4.06. The molecule has 0 spiro atoms. The van der Waals surface area contributed by atoms with Crippen LogP contribution in [0.2, 0.25) is 0 Å². The first kappa shape index (κ1) is 15.1. The Morgan fingerprint density at radius 1 is 1.22 bits per heavy atom. The fraction of sp³-hybridized carbons (Fsp3) is 0.235. The molecule has 0 bridgehead atoms. The summed E-state index contributed by atoms with van der Waals surface area (Å²) >= 11 is 0. The number of carbonyl (C=O) groups is 2. The molecule has 0 atom stereocenters. The SMILES string of the molecule is Cc1cc(NC(=O)c2ccccc2F)ncc1NC(=O)C1CC1. The van der Waals surface area contributed by atoms with E-state index in [0.29, 0.717) is 11.5 Å². The molecule has 0 radical (unpaired) electrons. The number of hydrogen-bond acceptors (Lipinski definition) is 3. The minimum absolute atomic E-state index is 0.00181. The van der Waals surface area contributed by atoms with E-state index in [1.807, 2.05) is 6.92 Å². The minimum Gasteiger partial charge on any atom is -0.324 e. The van der Waals surface area contributed by atoms with Crippen LogP contribution in [0, 0.1) is 18.7 Å². The number of rotatable bonds is 4. The average Bonchev–Trinajstić information content (AvgIpc) is 3.35. The molecule has 2 amide bonds. The standard InChI is InChI=1S/C17H16FN3O2/c1-10-8-15(19-9-14(10)20-16(22)11-6-7-11)21-17(23)12-4-2-3-5-13(12)18/h2-5,8-9,11H,6-7H2,1H3,(H,20,22)(H,19,21,23). The molecular weight excluding hydrogens is 297 g/mol. The monoisotopic (exact) mass is 313 g/mol. The van der Waals surface area contributed by atoms with Gasteiger partial charge in [-0.15, -0.1) is 0 Å². The van der Waals surface area contributed by atoms with Gasteiger partial charge in [0.05, 0.1) is 17.4 Å². The van der Waals surface area contributed by atoms with E-state index in [2.05, 4.69) is 15.6 Å². The predicted molar refractivity (Wildman–Crippen MR) is 84.7 cm³/mol. The molecule has 1 aliphatic rings. The molecule has 2 aromatic rings. The normalized spacial score (nSPS) is 13.5. The molecule has 23 heavy (non-hydrogen) atoms. The molecule has 6 heteroatoms. The van der Waals surface area contributed by atoms with Gasteiger partial charge in [0.2, 0.25) is 5.91 Å². The molecule has 0 unspecified atom stereocenters. The number of benzene rings is 1. The van der Waals surface area contributed by atoms with Crippen LogP contribution in [-0.4, -0.2) is 16.8 Å². The largest absolute Gasteiger partial charge is 0.324 e. The van der Waals surface area contributed by atoms with Gasteiger partial charge in [-0.2, -0.15) is 0 Å². The van der Waals surface area contributed by atoms with Crippen molar-refractivity contribution in [1.82, 2.24) is 4.98 Å². The molecule has 3 rings (SSSR count). The van der Waals surface area contributed by atoms with Crippen LogP contribution in [0.1, 0.15) is 28.8 Å². The van der Waals surface area contributed by atoms with Gasteiger partial charge in [-0.1, -0.05) is 12.1 Å². The summed E-state index contributed by atoms with van der Waals surface area (Å²) in [5.74, 6) is -0.743. The third-order valence-corrected chi connectivity index (χ3v) is 3.68. The molecule has 0 aliphatic heterocycles. The van der Waals surface area contributed by atoms with Gasteiger partial charge in [0.15, 0.2) is 0 Å². The lowest BCUT2D eigenvalue weighted by Crippen LogP contribution is -2.16. The smallest absolute Gasteiger partial charge is 0.259 e. The summed E-state index contributed by atoms with van der Waals surface area (Å²) in [5.41, 5.74) is 1.35. The first-order valence-electron chi connectivity index (χ1n) is 7.38. The van der Waals surface area contributed by atoms with Gasteiger partial charge < -0.3 is 10.6 Å². The zero-order valence-corrected chi connectivity index (χ0v) is 12.6. The number of pyridine rings is 1. The lowest BCUT2D eigenvalue weighted by atomic mass is 10.2. The average molecular weight is 313 g/mol. The molecule has 118 valence electrons. The van der Waals surface area contributed by atoms with Gasteiger partial charge in [-0.05, 0) is 43.5 Å². The fourth-order valence-electron chi connectivity index (χ4n) is 2.16. The zero-order valence-electron chi connectivity index (χ0n) is 12.6. The molecule has 1 fully saturated rings. The maximum atomic E-state index is 13.6. The summed E-state index contributed by atoms with van der Waals surface area (Å²) in [7, 11) is 0. The van der Waals surface area contributed by atoms with Crippen molar-refractivity contribution in [2.45, 2.75) is 19.8 Å². The van der Waals surface area contributed by atoms with Crippen molar-refractivity contribution in [2.75, 3.05) is 10.6 Å². The van der Waals surface area contributed by atoms with E-state index >= 15 is 0 Å². The van der Waals surface area contributed by atoms with E-state index in [9.17, 15) is 14.0 Å². The molecule has 1 saturated carbocycles. The highest BCUT2D eigenvalue weighted by atomic mass is 19.1. The number of anilines is 2. The van der Waals surface area contributed by atoms with E-state index in [4.69, 9.17) is 0 Å². The molecule has 1 aromatic carbocycles. The number of carbonyl (C=O) groups excluding carboxylic acids is 2. The van der Waals surface area contributed by atoms with Crippen molar-refractivity contribution >= 4 is 23.3 Å². The second kappa shape index (κ2) is 6.16. The van der Waals surface area contributed by atoms with E-state index in [0.717, 1.165) is 18.4 Å². The summed E-state index contributed by atoms with van der Waals surface area (Å²) in [6.07, 6.45) is 3.34. The second-order valence-corrected chi connectivity index (χ2v) is 5.58. The maximum Gasteiger partial charge on any atom is 0.259 e. The van der Waals surface area contributed by atoms with Crippen molar-refractivity contribution in [2.24, 2.45) is 5.92 Å². The topological polar surface area (TPSA) is 71.1 Å². The lowest BCUT2D eigenvalue weighted by molar-refractivity contribution is -0.117. The van der Waals surface area contributed by atoms with Gasteiger partial charge in [0.1, 0.15) is 11.6 Å². The highest BCUT2D eigenvalue weighted by molar-refractivity contribution is 6.04. The molecule has 1 heterocycles. The zero-order chi connectivity index (χ0) is 16.4. The van der Waals surface area contributed by atoms with Gasteiger partial charge in [0, 0.05) is 5.92 Å². The van der Waals surface area contributed by atoms with E-state index in [-0.39, 0.29) is 17.4 Å². The van der Waals surface area contributed by atoms with Gasteiger partial charge in [-0.3, -0.25) is 9.59 Å². The Bertz CT molecular complexity index is 772. The highest BCUT2D eigenvalue weighted by Gasteiger charge is 2.29. The van der Waals surface area contributed by atoms with Gasteiger partial charge >= 0.3 is 0 Å². The van der Waals surface area contributed by atoms with Crippen molar-refractivity contribution in [3.8, 4) is 0 Å². The van der Waals surface area contributed by atoms with Crippen molar-refractivity contribution in [1.29, 1.82) is 0 Å². The Morgan fingerprint density at radius 3 is 2.61 bits per heavy atom. The summed E-state index contributed by atoms with van der Waals surface area (Å²) in [6.45, 7) is 1.81. The maximum absolute atomic E-state index is 13.6. The second-order valence-electron chi connectivity index (χ2n) is 5.58.